The van der Waals surface area contributed by atoms with Crippen LogP contribution in [0.15, 0.2) is 30.3 Å². The molecule has 0 bridgehead atoms. The smallest absolute Gasteiger partial charge is 0.160 e. The summed E-state index contributed by atoms with van der Waals surface area (Å²) in [5, 5.41) is 20.1. The fourth-order valence-corrected chi connectivity index (χ4v) is 3.89. The van der Waals surface area contributed by atoms with Gasteiger partial charge in [-0.05, 0) is 48.9 Å². The molecule has 1 aliphatic rings. The number of phenolic OH excluding ortho intramolecular Hbond substituents is 1. The van der Waals surface area contributed by atoms with Crippen molar-refractivity contribution in [2.45, 2.75) is 44.9 Å². The molecule has 2 aromatic heterocycles. The van der Waals surface area contributed by atoms with Crippen LogP contribution >= 0.6 is 0 Å². The summed E-state index contributed by atoms with van der Waals surface area (Å²) in [4.78, 5) is 3.55. The van der Waals surface area contributed by atoms with E-state index in [2.05, 4.69) is 35.1 Å². The van der Waals surface area contributed by atoms with Crippen molar-refractivity contribution in [2.24, 2.45) is 0 Å². The molecule has 1 aromatic carbocycles. The number of para-hydroxylation sites is 1. The van der Waals surface area contributed by atoms with Gasteiger partial charge in [-0.2, -0.15) is 0 Å². The van der Waals surface area contributed by atoms with Gasteiger partial charge in [0.05, 0.1) is 5.69 Å². The summed E-state index contributed by atoms with van der Waals surface area (Å²) >= 11 is 0. The molecule has 2 N–H and O–H groups in total. The van der Waals surface area contributed by atoms with E-state index in [9.17, 15) is 5.11 Å². The van der Waals surface area contributed by atoms with Gasteiger partial charge in [0, 0.05) is 35.8 Å². The number of H-pyrrole nitrogens is 1. The molecule has 1 atom stereocenters. The van der Waals surface area contributed by atoms with Gasteiger partial charge in [-0.1, -0.05) is 26.0 Å². The number of fused-ring (bicyclic) bond motifs is 1. The number of nitrogens with one attached hydrogen (secondary N) is 1. The minimum atomic E-state index is 0.228. The molecule has 1 saturated heterocycles. The second-order valence-electron chi connectivity index (χ2n) is 7.16. The summed E-state index contributed by atoms with van der Waals surface area (Å²) in [7, 11) is 0. The first-order valence-corrected chi connectivity index (χ1v) is 9.44. The molecule has 0 aliphatic carbocycles. The standard InChI is InChI=1S/C21H25N3O2/c1-3-13(2)19-16-12-17(15-6-4-5-7-18(15)25)23-24-21(16)22-20(19)14-8-10-26-11-9-14/h4-7,12-14,25H,3,8-11H2,1-2H3,(H,22,24). The van der Waals surface area contributed by atoms with Gasteiger partial charge in [0.15, 0.2) is 5.65 Å². The van der Waals surface area contributed by atoms with Crippen LogP contribution in [0.4, 0.5) is 0 Å². The van der Waals surface area contributed by atoms with Crippen LogP contribution in [-0.4, -0.2) is 33.5 Å². The van der Waals surface area contributed by atoms with E-state index in [0.29, 0.717) is 23.1 Å². The summed E-state index contributed by atoms with van der Waals surface area (Å²) < 4.78 is 5.54. The van der Waals surface area contributed by atoms with E-state index in [1.807, 2.05) is 18.2 Å². The average Bonchev–Trinajstić information content (AvgIpc) is 3.07. The van der Waals surface area contributed by atoms with Crippen LogP contribution in [0.5, 0.6) is 5.75 Å². The van der Waals surface area contributed by atoms with Crippen LogP contribution in [0.25, 0.3) is 22.3 Å². The summed E-state index contributed by atoms with van der Waals surface area (Å²) in [5.41, 5.74) is 4.90. The molecule has 0 amide bonds. The highest BCUT2D eigenvalue weighted by Crippen LogP contribution is 2.39. The van der Waals surface area contributed by atoms with Crippen molar-refractivity contribution in [1.29, 1.82) is 0 Å². The topological polar surface area (TPSA) is 71.0 Å². The largest absolute Gasteiger partial charge is 0.507 e. The number of nitrogens with zero attached hydrogens (tertiary/aromatic N) is 2. The molecular weight excluding hydrogens is 326 g/mol. The Kier molecular flexibility index (Phi) is 4.64. The Balaban J connectivity index is 1.87. The predicted molar refractivity (Wildman–Crippen MR) is 102 cm³/mol. The van der Waals surface area contributed by atoms with Crippen molar-refractivity contribution >= 4 is 11.0 Å². The third-order valence-electron chi connectivity index (χ3n) is 5.54. The van der Waals surface area contributed by atoms with Crippen LogP contribution in [0.3, 0.4) is 0 Å². The summed E-state index contributed by atoms with van der Waals surface area (Å²) in [6.45, 7) is 6.12. The number of hydrogen-bond donors (Lipinski definition) is 2. The lowest BCUT2D eigenvalue weighted by Crippen LogP contribution is -2.16. The van der Waals surface area contributed by atoms with Gasteiger partial charge < -0.3 is 14.8 Å². The predicted octanol–water partition coefficient (Wildman–Crippen LogP) is 4.74. The summed E-state index contributed by atoms with van der Waals surface area (Å²) in [5.74, 6) is 1.14. The molecule has 0 spiro atoms. The van der Waals surface area contributed by atoms with Crippen molar-refractivity contribution in [3.8, 4) is 17.0 Å². The van der Waals surface area contributed by atoms with E-state index in [4.69, 9.17) is 4.74 Å². The van der Waals surface area contributed by atoms with Gasteiger partial charge in [0.25, 0.3) is 0 Å². The van der Waals surface area contributed by atoms with Crippen LogP contribution < -0.4 is 0 Å². The van der Waals surface area contributed by atoms with Crippen molar-refractivity contribution in [2.75, 3.05) is 13.2 Å². The van der Waals surface area contributed by atoms with E-state index in [-0.39, 0.29) is 5.75 Å². The van der Waals surface area contributed by atoms with Gasteiger partial charge >= 0.3 is 0 Å². The van der Waals surface area contributed by atoms with E-state index in [1.54, 1.807) is 6.07 Å². The van der Waals surface area contributed by atoms with E-state index >= 15 is 0 Å². The molecular formula is C21H25N3O2. The number of aromatic hydroxyl groups is 1. The zero-order valence-corrected chi connectivity index (χ0v) is 15.3. The first kappa shape index (κ1) is 17.0. The quantitative estimate of drug-likeness (QED) is 0.712. The van der Waals surface area contributed by atoms with E-state index in [0.717, 1.165) is 43.5 Å². The summed E-state index contributed by atoms with van der Waals surface area (Å²) in [6, 6.07) is 9.34. The summed E-state index contributed by atoms with van der Waals surface area (Å²) in [6.07, 6.45) is 3.14. The number of hydrogen-bond acceptors (Lipinski definition) is 4. The SMILES string of the molecule is CCC(C)c1c(C2CCOCC2)[nH]c2nnc(-c3ccccc3O)cc12. The lowest BCUT2D eigenvalue weighted by Gasteiger charge is -2.24. The molecule has 5 nitrogen and oxygen atoms in total. The maximum atomic E-state index is 10.2. The number of benzene rings is 1. The number of phenols is 1. The van der Waals surface area contributed by atoms with Crippen molar-refractivity contribution < 1.29 is 9.84 Å². The normalized spacial score (nSPS) is 16.8. The van der Waals surface area contributed by atoms with Crippen LogP contribution in [0.1, 0.15) is 56.2 Å². The van der Waals surface area contributed by atoms with Crippen LogP contribution in [0, 0.1) is 0 Å². The Morgan fingerprint density at radius 1 is 1.23 bits per heavy atom. The molecule has 1 aliphatic heterocycles. The molecule has 26 heavy (non-hydrogen) atoms. The highest BCUT2D eigenvalue weighted by atomic mass is 16.5. The molecule has 3 aromatic rings. The minimum absolute atomic E-state index is 0.228. The molecule has 136 valence electrons. The Labute approximate surface area is 153 Å². The number of rotatable bonds is 4. The third kappa shape index (κ3) is 2.97. The molecule has 4 rings (SSSR count). The Hall–Kier alpha value is -2.40. The first-order chi connectivity index (χ1) is 12.7. The van der Waals surface area contributed by atoms with Crippen molar-refractivity contribution in [1.82, 2.24) is 15.2 Å². The number of aromatic amines is 1. The first-order valence-electron chi connectivity index (χ1n) is 9.44. The van der Waals surface area contributed by atoms with Crippen LogP contribution in [0.2, 0.25) is 0 Å². The number of ether oxygens (including phenoxy) is 1. The second kappa shape index (κ2) is 7.08. The van der Waals surface area contributed by atoms with E-state index < -0.39 is 0 Å². The van der Waals surface area contributed by atoms with Gasteiger partial charge in [-0.3, -0.25) is 0 Å². The zero-order valence-electron chi connectivity index (χ0n) is 15.3. The molecule has 3 heterocycles. The highest BCUT2D eigenvalue weighted by Gasteiger charge is 2.25. The molecule has 1 fully saturated rings. The van der Waals surface area contributed by atoms with Gasteiger partial charge in [0.1, 0.15) is 5.75 Å². The lowest BCUT2D eigenvalue weighted by atomic mass is 9.87. The van der Waals surface area contributed by atoms with Crippen LogP contribution in [-0.2, 0) is 4.74 Å². The third-order valence-corrected chi connectivity index (χ3v) is 5.54. The zero-order chi connectivity index (χ0) is 18.1. The highest BCUT2D eigenvalue weighted by molar-refractivity contribution is 5.86. The number of aromatic nitrogens is 3. The second-order valence-corrected chi connectivity index (χ2v) is 7.16. The average molecular weight is 351 g/mol. The fraction of sp³-hybridized carbons (Fsp3) is 0.429. The van der Waals surface area contributed by atoms with Crippen molar-refractivity contribution in [3.63, 3.8) is 0 Å². The minimum Gasteiger partial charge on any atom is -0.507 e. The van der Waals surface area contributed by atoms with Gasteiger partial charge in [-0.25, -0.2) is 0 Å². The maximum absolute atomic E-state index is 10.2. The van der Waals surface area contributed by atoms with E-state index in [1.165, 1.54) is 11.3 Å². The lowest BCUT2D eigenvalue weighted by molar-refractivity contribution is 0.0844. The molecule has 5 heteroatoms. The van der Waals surface area contributed by atoms with Gasteiger partial charge in [-0.15, -0.1) is 10.2 Å². The molecule has 0 radical (unpaired) electrons. The van der Waals surface area contributed by atoms with Crippen molar-refractivity contribution in [3.05, 3.63) is 41.6 Å². The Bertz CT molecular complexity index is 913. The molecule has 0 saturated carbocycles. The Morgan fingerprint density at radius 2 is 2.00 bits per heavy atom. The molecule has 1 unspecified atom stereocenters. The monoisotopic (exact) mass is 351 g/mol. The maximum Gasteiger partial charge on any atom is 0.160 e. The Morgan fingerprint density at radius 3 is 2.73 bits per heavy atom. The fourth-order valence-electron chi connectivity index (χ4n) is 3.89. The van der Waals surface area contributed by atoms with Gasteiger partial charge in [0.2, 0.25) is 0 Å².